The zero-order valence-electron chi connectivity index (χ0n) is 14.8. The third-order valence-electron chi connectivity index (χ3n) is 4.50. The molecule has 1 N–H and O–H groups in total. The zero-order chi connectivity index (χ0) is 19.6. The molecule has 1 aliphatic heterocycles. The Morgan fingerprint density at radius 2 is 1.81 bits per heavy atom. The second kappa shape index (κ2) is 8.31. The van der Waals surface area contributed by atoms with Crippen LogP contribution >= 0.6 is 27.5 Å². The SMILES string of the molecule is Cc1ccc(NC(=O)c2ccc(Cl)c(S(=O)(=O)N3CCCCC3)c2)c(Br)c1. The summed E-state index contributed by atoms with van der Waals surface area (Å²) >= 11 is 9.58. The number of piperidine rings is 1. The fourth-order valence-electron chi connectivity index (χ4n) is 3.00. The number of amides is 1. The zero-order valence-corrected chi connectivity index (χ0v) is 18.0. The summed E-state index contributed by atoms with van der Waals surface area (Å²) in [7, 11) is -3.72. The number of carbonyl (C=O) groups excluding carboxylic acids is 1. The molecule has 0 bridgehead atoms. The van der Waals surface area contributed by atoms with Crippen molar-refractivity contribution in [2.45, 2.75) is 31.1 Å². The van der Waals surface area contributed by atoms with Gasteiger partial charge in [-0.1, -0.05) is 24.1 Å². The van der Waals surface area contributed by atoms with Crippen LogP contribution in [0.1, 0.15) is 35.2 Å². The van der Waals surface area contributed by atoms with E-state index in [4.69, 9.17) is 11.6 Å². The van der Waals surface area contributed by atoms with Crippen LogP contribution in [0, 0.1) is 6.92 Å². The van der Waals surface area contributed by atoms with E-state index >= 15 is 0 Å². The van der Waals surface area contributed by atoms with Crippen molar-refractivity contribution in [2.24, 2.45) is 0 Å². The normalized spacial score (nSPS) is 15.5. The van der Waals surface area contributed by atoms with E-state index in [2.05, 4.69) is 21.2 Å². The van der Waals surface area contributed by atoms with Gasteiger partial charge in [-0.3, -0.25) is 4.79 Å². The second-order valence-electron chi connectivity index (χ2n) is 6.55. The maximum Gasteiger partial charge on any atom is 0.255 e. The third-order valence-corrected chi connectivity index (χ3v) is 7.54. The summed E-state index contributed by atoms with van der Waals surface area (Å²) in [6.45, 7) is 2.91. The lowest BCUT2D eigenvalue weighted by molar-refractivity contribution is 0.102. The molecule has 0 saturated carbocycles. The Labute approximate surface area is 172 Å². The Morgan fingerprint density at radius 1 is 1.11 bits per heavy atom. The number of nitrogens with one attached hydrogen (secondary N) is 1. The molecule has 2 aromatic carbocycles. The van der Waals surface area contributed by atoms with Gasteiger partial charge in [0.1, 0.15) is 4.90 Å². The molecule has 0 unspecified atom stereocenters. The smallest absolute Gasteiger partial charge is 0.255 e. The Balaban J connectivity index is 1.89. The first-order valence-corrected chi connectivity index (χ1v) is 11.3. The monoisotopic (exact) mass is 470 g/mol. The van der Waals surface area contributed by atoms with Gasteiger partial charge in [-0.25, -0.2) is 8.42 Å². The summed E-state index contributed by atoms with van der Waals surface area (Å²) in [6.07, 6.45) is 2.69. The average Bonchev–Trinajstić information content (AvgIpc) is 2.65. The minimum atomic E-state index is -3.72. The van der Waals surface area contributed by atoms with E-state index in [0.29, 0.717) is 18.8 Å². The number of carbonyl (C=O) groups is 1. The van der Waals surface area contributed by atoms with Gasteiger partial charge in [0.2, 0.25) is 10.0 Å². The van der Waals surface area contributed by atoms with E-state index < -0.39 is 15.9 Å². The Morgan fingerprint density at radius 3 is 2.48 bits per heavy atom. The molecule has 0 spiro atoms. The highest BCUT2D eigenvalue weighted by Crippen LogP contribution is 2.29. The van der Waals surface area contributed by atoms with Crippen LogP contribution in [-0.2, 0) is 10.0 Å². The number of benzene rings is 2. The number of sulfonamides is 1. The van der Waals surface area contributed by atoms with Gasteiger partial charge in [0.25, 0.3) is 5.91 Å². The molecule has 1 aliphatic rings. The largest absolute Gasteiger partial charge is 0.321 e. The van der Waals surface area contributed by atoms with Crippen molar-refractivity contribution in [1.82, 2.24) is 4.31 Å². The van der Waals surface area contributed by atoms with Crippen molar-refractivity contribution >= 4 is 49.1 Å². The van der Waals surface area contributed by atoms with Gasteiger partial charge in [0.15, 0.2) is 0 Å². The van der Waals surface area contributed by atoms with Gasteiger partial charge in [-0.05, 0) is 71.6 Å². The number of anilines is 1. The van der Waals surface area contributed by atoms with Crippen LogP contribution in [0.5, 0.6) is 0 Å². The van der Waals surface area contributed by atoms with Gasteiger partial charge < -0.3 is 5.32 Å². The number of nitrogens with zero attached hydrogens (tertiary/aromatic N) is 1. The van der Waals surface area contributed by atoms with Gasteiger partial charge in [0.05, 0.1) is 10.7 Å². The predicted octanol–water partition coefficient (Wildman–Crippen LogP) is 4.84. The number of hydrogen-bond donors (Lipinski definition) is 1. The lowest BCUT2D eigenvalue weighted by Crippen LogP contribution is -2.35. The second-order valence-corrected chi connectivity index (χ2v) is 9.72. The first-order valence-electron chi connectivity index (χ1n) is 8.66. The number of aryl methyl sites for hydroxylation is 1. The van der Waals surface area contributed by atoms with Crippen molar-refractivity contribution in [3.05, 3.63) is 57.0 Å². The summed E-state index contributed by atoms with van der Waals surface area (Å²) in [6, 6.07) is 9.90. The maximum absolute atomic E-state index is 12.9. The maximum atomic E-state index is 12.9. The average molecular weight is 472 g/mol. The molecule has 0 radical (unpaired) electrons. The molecule has 1 saturated heterocycles. The lowest BCUT2D eigenvalue weighted by atomic mass is 10.2. The highest BCUT2D eigenvalue weighted by Gasteiger charge is 2.28. The van der Waals surface area contributed by atoms with Crippen LogP contribution in [-0.4, -0.2) is 31.7 Å². The van der Waals surface area contributed by atoms with Crippen LogP contribution in [0.2, 0.25) is 5.02 Å². The van der Waals surface area contributed by atoms with Gasteiger partial charge >= 0.3 is 0 Å². The third kappa shape index (κ3) is 4.54. The highest BCUT2D eigenvalue weighted by molar-refractivity contribution is 9.10. The predicted molar refractivity (Wildman–Crippen MR) is 111 cm³/mol. The van der Waals surface area contributed by atoms with Crippen LogP contribution in [0.15, 0.2) is 45.8 Å². The molecule has 5 nitrogen and oxygen atoms in total. The van der Waals surface area contributed by atoms with Crippen LogP contribution in [0.25, 0.3) is 0 Å². The first-order chi connectivity index (χ1) is 12.8. The molecular weight excluding hydrogens is 452 g/mol. The van der Waals surface area contributed by atoms with E-state index in [9.17, 15) is 13.2 Å². The van der Waals surface area contributed by atoms with E-state index in [0.717, 1.165) is 29.3 Å². The molecule has 27 heavy (non-hydrogen) atoms. The number of hydrogen-bond acceptors (Lipinski definition) is 3. The fourth-order valence-corrected chi connectivity index (χ4v) is 5.61. The van der Waals surface area contributed by atoms with E-state index in [-0.39, 0.29) is 15.5 Å². The molecule has 8 heteroatoms. The van der Waals surface area contributed by atoms with Gasteiger partial charge in [-0.2, -0.15) is 4.31 Å². The summed E-state index contributed by atoms with van der Waals surface area (Å²) < 4.78 is 28.1. The summed E-state index contributed by atoms with van der Waals surface area (Å²) in [4.78, 5) is 12.6. The molecule has 2 aromatic rings. The summed E-state index contributed by atoms with van der Waals surface area (Å²) in [5.74, 6) is -0.397. The lowest BCUT2D eigenvalue weighted by Gasteiger charge is -2.26. The molecule has 1 amide bonds. The molecule has 144 valence electrons. The van der Waals surface area contributed by atoms with E-state index in [1.54, 1.807) is 6.07 Å². The Bertz CT molecular complexity index is 973. The van der Waals surface area contributed by atoms with Crippen LogP contribution < -0.4 is 5.32 Å². The van der Waals surface area contributed by atoms with E-state index in [1.165, 1.54) is 22.5 Å². The molecular formula is C19H20BrClN2O3S. The van der Waals surface area contributed by atoms with Gasteiger partial charge in [0, 0.05) is 23.1 Å². The van der Waals surface area contributed by atoms with Crippen molar-refractivity contribution < 1.29 is 13.2 Å². The van der Waals surface area contributed by atoms with Crippen molar-refractivity contribution in [1.29, 1.82) is 0 Å². The van der Waals surface area contributed by atoms with Crippen molar-refractivity contribution in [3.8, 4) is 0 Å². The molecule has 0 aromatic heterocycles. The molecule has 0 aliphatic carbocycles. The first kappa shape index (κ1) is 20.3. The molecule has 3 rings (SSSR count). The minimum absolute atomic E-state index is 0.0262. The van der Waals surface area contributed by atoms with Crippen LogP contribution in [0.4, 0.5) is 5.69 Å². The van der Waals surface area contributed by atoms with Crippen LogP contribution in [0.3, 0.4) is 0 Å². The van der Waals surface area contributed by atoms with Crippen molar-refractivity contribution in [2.75, 3.05) is 18.4 Å². The molecule has 1 fully saturated rings. The van der Waals surface area contributed by atoms with Crippen molar-refractivity contribution in [3.63, 3.8) is 0 Å². The topological polar surface area (TPSA) is 66.5 Å². The van der Waals surface area contributed by atoms with E-state index in [1.807, 2.05) is 19.1 Å². The standard InChI is InChI=1S/C19H20BrClN2O3S/c1-13-5-8-17(15(20)11-13)22-19(24)14-6-7-16(21)18(12-14)27(25,26)23-9-3-2-4-10-23/h5-8,11-12H,2-4,9-10H2,1H3,(H,22,24). The highest BCUT2D eigenvalue weighted by atomic mass is 79.9. The molecule has 0 atom stereocenters. The Kier molecular flexibility index (Phi) is 6.25. The number of halogens is 2. The fraction of sp³-hybridized carbons (Fsp3) is 0.316. The summed E-state index contributed by atoms with van der Waals surface area (Å²) in [5, 5.41) is 2.91. The minimum Gasteiger partial charge on any atom is -0.321 e. The number of rotatable bonds is 4. The van der Waals surface area contributed by atoms with Gasteiger partial charge in [-0.15, -0.1) is 0 Å². The summed E-state index contributed by atoms with van der Waals surface area (Å²) in [5.41, 5.74) is 1.91. The molecule has 1 heterocycles. The quantitative estimate of drug-likeness (QED) is 0.694. The Hall–Kier alpha value is -1.41.